The van der Waals surface area contributed by atoms with Crippen molar-refractivity contribution in [3.63, 3.8) is 0 Å². The van der Waals surface area contributed by atoms with Crippen LogP contribution in [-0.2, 0) is 22.6 Å². The third-order valence-electron chi connectivity index (χ3n) is 4.91. The Morgan fingerprint density at radius 2 is 1.88 bits per heavy atom. The Balaban J connectivity index is 1.97. The number of allylic oxidation sites excluding steroid dienone is 1. The van der Waals surface area contributed by atoms with Crippen LogP contribution >= 0.6 is 35.4 Å². The number of methoxy groups -OCH3 is 1. The van der Waals surface area contributed by atoms with Crippen LogP contribution in [-0.4, -0.2) is 35.5 Å². The molecule has 0 unspecified atom stereocenters. The number of thiocarbonyl (C=S) groups is 1. The number of ether oxygens (including phenoxy) is 2. The SMILES string of the molecule is C=CCc1cc(/C=C2\C(=O)NC(=S)N(CC=C)C2=O)cc(OC)c1OCc1ccc(Cl)c(Cl)c1. The Morgan fingerprint density at radius 3 is 2.53 bits per heavy atom. The second-order valence-corrected chi connectivity index (χ2v) is 8.46. The second-order valence-electron chi connectivity index (χ2n) is 7.26. The van der Waals surface area contributed by atoms with Crippen molar-refractivity contribution >= 4 is 58.4 Å². The molecule has 0 saturated carbocycles. The van der Waals surface area contributed by atoms with E-state index >= 15 is 0 Å². The molecule has 2 amide bonds. The lowest BCUT2D eigenvalue weighted by molar-refractivity contribution is -0.128. The molecule has 3 rings (SSSR count). The third-order valence-corrected chi connectivity index (χ3v) is 5.98. The second kappa shape index (κ2) is 11.3. The summed E-state index contributed by atoms with van der Waals surface area (Å²) >= 11 is 17.2. The van der Waals surface area contributed by atoms with Gasteiger partial charge in [-0.2, -0.15) is 0 Å². The Kier molecular flexibility index (Phi) is 8.50. The maximum atomic E-state index is 12.9. The number of carbonyl (C=O) groups excluding carboxylic acids is 2. The number of halogens is 2. The maximum absolute atomic E-state index is 12.9. The van der Waals surface area contributed by atoms with E-state index in [9.17, 15) is 9.59 Å². The Morgan fingerprint density at radius 1 is 1.12 bits per heavy atom. The van der Waals surface area contributed by atoms with Crippen LogP contribution < -0.4 is 14.8 Å². The van der Waals surface area contributed by atoms with E-state index in [4.69, 9.17) is 44.9 Å². The first-order valence-corrected chi connectivity index (χ1v) is 11.3. The summed E-state index contributed by atoms with van der Waals surface area (Å²) in [6.45, 7) is 7.84. The van der Waals surface area contributed by atoms with Crippen LogP contribution in [0.2, 0.25) is 10.0 Å². The molecule has 2 aromatic rings. The summed E-state index contributed by atoms with van der Waals surface area (Å²) in [6, 6.07) is 8.75. The monoisotopic (exact) mass is 516 g/mol. The molecule has 0 aliphatic carbocycles. The van der Waals surface area contributed by atoms with Gasteiger partial charge in [0.2, 0.25) is 0 Å². The van der Waals surface area contributed by atoms with Gasteiger partial charge in [-0.3, -0.25) is 19.8 Å². The van der Waals surface area contributed by atoms with E-state index in [1.54, 1.807) is 24.3 Å². The van der Waals surface area contributed by atoms with Crippen LogP contribution in [0, 0.1) is 0 Å². The van der Waals surface area contributed by atoms with E-state index in [2.05, 4.69) is 18.5 Å². The number of nitrogens with one attached hydrogen (secondary N) is 1. The van der Waals surface area contributed by atoms with Gasteiger partial charge in [0.15, 0.2) is 16.6 Å². The summed E-state index contributed by atoms with van der Waals surface area (Å²) in [5.74, 6) is -0.116. The van der Waals surface area contributed by atoms with Gasteiger partial charge in [0.25, 0.3) is 11.8 Å². The average molecular weight is 517 g/mol. The van der Waals surface area contributed by atoms with E-state index in [1.165, 1.54) is 24.2 Å². The molecule has 34 heavy (non-hydrogen) atoms. The maximum Gasteiger partial charge on any atom is 0.265 e. The number of hydrogen-bond acceptors (Lipinski definition) is 5. The number of rotatable bonds is 9. The van der Waals surface area contributed by atoms with Crippen LogP contribution in [0.3, 0.4) is 0 Å². The molecule has 1 saturated heterocycles. The van der Waals surface area contributed by atoms with Gasteiger partial charge in [0, 0.05) is 12.1 Å². The van der Waals surface area contributed by atoms with Crippen LogP contribution in [0.1, 0.15) is 16.7 Å². The summed E-state index contributed by atoms with van der Waals surface area (Å²) in [6.07, 6.45) is 5.22. The minimum atomic E-state index is -0.570. The fraction of sp³-hybridized carbons (Fsp3) is 0.160. The molecule has 0 spiro atoms. The summed E-state index contributed by atoms with van der Waals surface area (Å²) in [5.41, 5.74) is 2.13. The molecule has 9 heteroatoms. The predicted octanol–water partition coefficient (Wildman–Crippen LogP) is 5.12. The normalized spacial score (nSPS) is 14.7. The van der Waals surface area contributed by atoms with E-state index < -0.39 is 11.8 Å². The van der Waals surface area contributed by atoms with Crippen LogP contribution in [0.4, 0.5) is 0 Å². The number of hydrogen-bond donors (Lipinski definition) is 1. The van der Waals surface area contributed by atoms with E-state index in [-0.39, 0.29) is 23.8 Å². The van der Waals surface area contributed by atoms with Gasteiger partial charge in [-0.1, -0.05) is 41.4 Å². The highest BCUT2D eigenvalue weighted by Gasteiger charge is 2.32. The van der Waals surface area contributed by atoms with Crippen LogP contribution in [0.25, 0.3) is 6.08 Å². The standard InChI is InChI=1S/C25H22Cl2N2O4S/c1-4-6-17-10-16(11-18-23(30)28-25(34)29(9-5-2)24(18)31)13-21(32-3)22(17)33-14-15-7-8-19(26)20(27)12-15/h4-5,7-8,10-13H,1-2,6,9,14H2,3H3,(H,28,30,34)/b18-11+. The minimum Gasteiger partial charge on any atom is -0.493 e. The van der Waals surface area contributed by atoms with E-state index in [0.29, 0.717) is 33.5 Å². The summed E-state index contributed by atoms with van der Waals surface area (Å²) < 4.78 is 11.6. The quantitative estimate of drug-likeness (QED) is 0.217. The van der Waals surface area contributed by atoms with Crippen LogP contribution in [0.15, 0.2) is 61.2 Å². The Labute approximate surface area is 213 Å². The molecule has 1 N–H and O–H groups in total. The van der Waals surface area contributed by atoms with Crippen molar-refractivity contribution in [1.29, 1.82) is 0 Å². The molecule has 1 heterocycles. The molecule has 0 radical (unpaired) electrons. The van der Waals surface area contributed by atoms with Gasteiger partial charge in [0.1, 0.15) is 12.2 Å². The molecule has 1 fully saturated rings. The van der Waals surface area contributed by atoms with Gasteiger partial charge in [-0.15, -0.1) is 13.2 Å². The van der Waals surface area contributed by atoms with Crippen molar-refractivity contribution in [3.05, 3.63) is 88.0 Å². The third kappa shape index (κ3) is 5.67. The first kappa shape index (κ1) is 25.5. The average Bonchev–Trinajstić information content (AvgIpc) is 2.80. The van der Waals surface area contributed by atoms with Crippen molar-refractivity contribution in [2.45, 2.75) is 13.0 Å². The van der Waals surface area contributed by atoms with Gasteiger partial charge >= 0.3 is 0 Å². The van der Waals surface area contributed by atoms with Gasteiger partial charge in [0.05, 0.1) is 17.2 Å². The summed E-state index contributed by atoms with van der Waals surface area (Å²) in [5, 5.41) is 3.47. The summed E-state index contributed by atoms with van der Waals surface area (Å²) in [4.78, 5) is 26.6. The van der Waals surface area contributed by atoms with Gasteiger partial charge < -0.3 is 9.47 Å². The van der Waals surface area contributed by atoms with Crippen molar-refractivity contribution in [1.82, 2.24) is 10.2 Å². The molecule has 0 atom stereocenters. The van der Waals surface area contributed by atoms with Crippen molar-refractivity contribution in [2.24, 2.45) is 0 Å². The summed E-state index contributed by atoms with van der Waals surface area (Å²) in [7, 11) is 1.51. The fourth-order valence-electron chi connectivity index (χ4n) is 3.33. The molecule has 1 aliphatic heterocycles. The lowest BCUT2D eigenvalue weighted by atomic mass is 10.0. The first-order valence-electron chi connectivity index (χ1n) is 10.2. The molecule has 2 aromatic carbocycles. The zero-order valence-electron chi connectivity index (χ0n) is 18.4. The zero-order chi connectivity index (χ0) is 24.8. The topological polar surface area (TPSA) is 67.9 Å². The number of benzene rings is 2. The number of carbonyl (C=O) groups is 2. The largest absolute Gasteiger partial charge is 0.493 e. The molecule has 0 bridgehead atoms. The smallest absolute Gasteiger partial charge is 0.265 e. The van der Waals surface area contributed by atoms with Gasteiger partial charge in [-0.05, 0) is 60.1 Å². The molecule has 176 valence electrons. The van der Waals surface area contributed by atoms with Crippen LogP contribution in [0.5, 0.6) is 11.5 Å². The van der Waals surface area contributed by atoms with Crippen molar-refractivity contribution in [2.75, 3.05) is 13.7 Å². The minimum absolute atomic E-state index is 0.0445. The molecular weight excluding hydrogens is 495 g/mol. The number of nitrogens with zero attached hydrogens (tertiary/aromatic N) is 1. The number of amides is 2. The Hall–Kier alpha value is -3.13. The van der Waals surface area contributed by atoms with Crippen molar-refractivity contribution in [3.8, 4) is 11.5 Å². The fourth-order valence-corrected chi connectivity index (χ4v) is 3.90. The highest BCUT2D eigenvalue weighted by atomic mass is 35.5. The van der Waals surface area contributed by atoms with Crippen molar-refractivity contribution < 1.29 is 19.1 Å². The molecule has 6 nitrogen and oxygen atoms in total. The van der Waals surface area contributed by atoms with E-state index in [1.807, 2.05) is 12.1 Å². The molecular formula is C25H22Cl2N2O4S. The molecule has 1 aliphatic rings. The zero-order valence-corrected chi connectivity index (χ0v) is 20.7. The molecule has 0 aromatic heterocycles. The first-order chi connectivity index (χ1) is 16.3. The lowest BCUT2D eigenvalue weighted by Gasteiger charge is -2.27. The Bertz CT molecular complexity index is 1210. The predicted molar refractivity (Wildman–Crippen MR) is 138 cm³/mol. The van der Waals surface area contributed by atoms with E-state index in [0.717, 1.165) is 11.1 Å². The lowest BCUT2D eigenvalue weighted by Crippen LogP contribution is -2.53. The van der Waals surface area contributed by atoms with Gasteiger partial charge in [-0.25, -0.2) is 0 Å². The highest BCUT2D eigenvalue weighted by Crippen LogP contribution is 2.35. The highest BCUT2D eigenvalue weighted by molar-refractivity contribution is 7.80.